The zero-order valence-corrected chi connectivity index (χ0v) is 12.6. The first-order valence-corrected chi connectivity index (χ1v) is 7.31. The molecule has 104 valence electrons. The average molecular weight is 327 g/mol. The Kier molecular flexibility index (Phi) is 4.82. The number of halogens is 1. The Morgan fingerprint density at radius 2 is 2.16 bits per heavy atom. The van der Waals surface area contributed by atoms with Crippen LogP contribution in [0.4, 0.5) is 0 Å². The Morgan fingerprint density at radius 1 is 1.47 bits per heavy atom. The van der Waals surface area contributed by atoms with Crippen LogP contribution in [0.15, 0.2) is 22.7 Å². The summed E-state index contributed by atoms with van der Waals surface area (Å²) >= 11 is 3.50. The second kappa shape index (κ2) is 6.39. The van der Waals surface area contributed by atoms with E-state index in [4.69, 9.17) is 0 Å². The van der Waals surface area contributed by atoms with Gasteiger partial charge in [0.25, 0.3) is 0 Å². The van der Waals surface area contributed by atoms with E-state index >= 15 is 0 Å². The highest BCUT2D eigenvalue weighted by Gasteiger charge is 2.24. The molecule has 2 rings (SSSR count). The smallest absolute Gasteiger partial charge is 0.222 e. The lowest BCUT2D eigenvalue weighted by Crippen LogP contribution is -2.39. The average Bonchev–Trinajstić information content (AvgIpc) is 2.43. The van der Waals surface area contributed by atoms with E-state index in [2.05, 4.69) is 26.1 Å². The van der Waals surface area contributed by atoms with Crippen molar-refractivity contribution in [2.45, 2.75) is 19.4 Å². The molecule has 1 amide bonds. The third-order valence-electron chi connectivity index (χ3n) is 3.63. The lowest BCUT2D eigenvalue weighted by Gasteiger charge is -2.31. The standard InChI is InChI=1S/C14H19BrN2O2/c1-16-14(19)10-4-6-17(7-5-10)9-11-8-12(18)2-3-13(11)15/h2-3,8,10,18H,4-7,9H2,1H3,(H,16,19). The summed E-state index contributed by atoms with van der Waals surface area (Å²) in [5, 5.41) is 12.2. The van der Waals surface area contributed by atoms with E-state index in [1.807, 2.05) is 6.07 Å². The van der Waals surface area contributed by atoms with Crippen molar-refractivity contribution in [3.8, 4) is 5.75 Å². The first-order valence-electron chi connectivity index (χ1n) is 6.51. The Bertz CT molecular complexity index is 457. The summed E-state index contributed by atoms with van der Waals surface area (Å²) in [6, 6.07) is 5.32. The molecule has 0 spiro atoms. The van der Waals surface area contributed by atoms with Gasteiger partial charge in [-0.25, -0.2) is 0 Å². The second-order valence-corrected chi connectivity index (χ2v) is 5.79. The topological polar surface area (TPSA) is 52.6 Å². The number of hydrogen-bond donors (Lipinski definition) is 2. The SMILES string of the molecule is CNC(=O)C1CCN(Cc2cc(O)ccc2Br)CC1. The van der Waals surface area contributed by atoms with Gasteiger partial charge in [-0.3, -0.25) is 9.69 Å². The van der Waals surface area contributed by atoms with Gasteiger partial charge < -0.3 is 10.4 Å². The van der Waals surface area contributed by atoms with E-state index < -0.39 is 0 Å². The van der Waals surface area contributed by atoms with Gasteiger partial charge in [-0.1, -0.05) is 15.9 Å². The molecular weight excluding hydrogens is 308 g/mol. The van der Waals surface area contributed by atoms with Crippen molar-refractivity contribution in [1.82, 2.24) is 10.2 Å². The van der Waals surface area contributed by atoms with E-state index in [1.54, 1.807) is 19.2 Å². The number of carbonyl (C=O) groups is 1. The highest BCUT2D eigenvalue weighted by atomic mass is 79.9. The molecule has 0 atom stereocenters. The summed E-state index contributed by atoms with van der Waals surface area (Å²) in [6.45, 7) is 2.63. The van der Waals surface area contributed by atoms with Crippen LogP contribution in [0.2, 0.25) is 0 Å². The summed E-state index contributed by atoms with van der Waals surface area (Å²) in [4.78, 5) is 13.9. The maximum Gasteiger partial charge on any atom is 0.222 e. The van der Waals surface area contributed by atoms with Crippen molar-refractivity contribution in [1.29, 1.82) is 0 Å². The van der Waals surface area contributed by atoms with Crippen LogP contribution in [0.3, 0.4) is 0 Å². The lowest BCUT2D eigenvalue weighted by molar-refractivity contribution is -0.125. The minimum Gasteiger partial charge on any atom is -0.508 e. The summed E-state index contributed by atoms with van der Waals surface area (Å²) < 4.78 is 1.01. The summed E-state index contributed by atoms with van der Waals surface area (Å²) in [7, 11) is 1.69. The zero-order chi connectivity index (χ0) is 13.8. The molecule has 1 heterocycles. The Balaban J connectivity index is 1.92. The molecule has 5 heteroatoms. The molecule has 4 nitrogen and oxygen atoms in total. The molecule has 1 saturated heterocycles. The molecule has 0 unspecified atom stereocenters. The number of aromatic hydroxyl groups is 1. The van der Waals surface area contributed by atoms with Gasteiger partial charge in [-0.2, -0.15) is 0 Å². The number of phenols is 1. The van der Waals surface area contributed by atoms with Crippen LogP contribution in [-0.4, -0.2) is 36.1 Å². The van der Waals surface area contributed by atoms with Crippen molar-refractivity contribution >= 4 is 21.8 Å². The lowest BCUT2D eigenvalue weighted by atomic mass is 9.95. The van der Waals surface area contributed by atoms with Crippen LogP contribution in [0.5, 0.6) is 5.75 Å². The van der Waals surface area contributed by atoms with Gasteiger partial charge in [0.05, 0.1) is 0 Å². The van der Waals surface area contributed by atoms with Crippen molar-refractivity contribution in [2.75, 3.05) is 20.1 Å². The number of nitrogens with zero attached hydrogens (tertiary/aromatic N) is 1. The van der Waals surface area contributed by atoms with Crippen molar-refractivity contribution in [2.24, 2.45) is 5.92 Å². The first-order chi connectivity index (χ1) is 9.10. The van der Waals surface area contributed by atoms with Crippen molar-refractivity contribution in [3.05, 3.63) is 28.2 Å². The van der Waals surface area contributed by atoms with Gasteiger partial charge in [0, 0.05) is 24.0 Å². The van der Waals surface area contributed by atoms with Crippen molar-refractivity contribution < 1.29 is 9.90 Å². The number of amides is 1. The number of hydrogen-bond acceptors (Lipinski definition) is 3. The van der Waals surface area contributed by atoms with Crippen LogP contribution in [0, 0.1) is 5.92 Å². The first kappa shape index (κ1) is 14.3. The Morgan fingerprint density at radius 3 is 2.79 bits per heavy atom. The number of likely N-dealkylation sites (tertiary alicyclic amines) is 1. The quantitative estimate of drug-likeness (QED) is 0.894. The largest absolute Gasteiger partial charge is 0.508 e. The van der Waals surface area contributed by atoms with Crippen LogP contribution >= 0.6 is 15.9 Å². The van der Waals surface area contributed by atoms with Gasteiger partial charge in [-0.05, 0) is 49.7 Å². The number of benzene rings is 1. The van der Waals surface area contributed by atoms with Gasteiger partial charge in [0.15, 0.2) is 0 Å². The van der Waals surface area contributed by atoms with E-state index in [0.717, 1.165) is 42.5 Å². The summed E-state index contributed by atoms with van der Waals surface area (Å²) in [5.41, 5.74) is 1.08. The minimum absolute atomic E-state index is 0.147. The van der Waals surface area contributed by atoms with Crippen molar-refractivity contribution in [3.63, 3.8) is 0 Å². The molecule has 1 aliphatic rings. The predicted octanol–water partition coefficient (Wildman–Crippen LogP) is 2.11. The fourth-order valence-corrected chi connectivity index (χ4v) is 2.85. The molecule has 2 N–H and O–H groups in total. The molecule has 0 saturated carbocycles. The molecule has 1 aromatic carbocycles. The zero-order valence-electron chi connectivity index (χ0n) is 11.0. The molecular formula is C14H19BrN2O2. The molecule has 0 aromatic heterocycles. The third kappa shape index (κ3) is 3.70. The summed E-state index contributed by atoms with van der Waals surface area (Å²) in [5.74, 6) is 0.588. The number of carbonyl (C=O) groups excluding carboxylic acids is 1. The van der Waals surface area contributed by atoms with E-state index in [-0.39, 0.29) is 11.8 Å². The predicted molar refractivity (Wildman–Crippen MR) is 77.9 cm³/mol. The highest BCUT2D eigenvalue weighted by Crippen LogP contribution is 2.25. The molecule has 1 aromatic rings. The molecule has 1 fully saturated rings. The van der Waals surface area contributed by atoms with E-state index in [1.165, 1.54) is 0 Å². The van der Waals surface area contributed by atoms with Crippen LogP contribution in [0.1, 0.15) is 18.4 Å². The fourth-order valence-electron chi connectivity index (χ4n) is 2.48. The normalized spacial score (nSPS) is 17.4. The molecule has 0 radical (unpaired) electrons. The summed E-state index contributed by atoms with van der Waals surface area (Å²) in [6.07, 6.45) is 1.80. The van der Waals surface area contributed by atoms with Crippen LogP contribution in [-0.2, 0) is 11.3 Å². The third-order valence-corrected chi connectivity index (χ3v) is 4.40. The van der Waals surface area contributed by atoms with Gasteiger partial charge in [0.1, 0.15) is 5.75 Å². The van der Waals surface area contributed by atoms with Gasteiger partial charge >= 0.3 is 0 Å². The highest BCUT2D eigenvalue weighted by molar-refractivity contribution is 9.10. The fraction of sp³-hybridized carbons (Fsp3) is 0.500. The van der Waals surface area contributed by atoms with E-state index in [9.17, 15) is 9.90 Å². The number of rotatable bonds is 3. The van der Waals surface area contributed by atoms with Gasteiger partial charge in [0.2, 0.25) is 5.91 Å². The van der Waals surface area contributed by atoms with Crippen LogP contribution < -0.4 is 5.32 Å². The molecule has 1 aliphatic heterocycles. The number of piperidine rings is 1. The van der Waals surface area contributed by atoms with Gasteiger partial charge in [-0.15, -0.1) is 0 Å². The number of nitrogens with one attached hydrogen (secondary N) is 1. The van der Waals surface area contributed by atoms with Crippen LogP contribution in [0.25, 0.3) is 0 Å². The van der Waals surface area contributed by atoms with E-state index in [0.29, 0.717) is 5.75 Å². The maximum absolute atomic E-state index is 11.6. The molecule has 0 bridgehead atoms. The Labute approximate surface area is 121 Å². The maximum atomic E-state index is 11.6. The minimum atomic E-state index is 0.147. The number of phenolic OH excluding ortho intramolecular Hbond substituents is 1. The second-order valence-electron chi connectivity index (χ2n) is 4.94. The Hall–Kier alpha value is -1.07. The monoisotopic (exact) mass is 326 g/mol. The molecule has 0 aliphatic carbocycles. The molecule has 19 heavy (non-hydrogen) atoms.